The van der Waals surface area contributed by atoms with E-state index in [1.54, 1.807) is 0 Å². The van der Waals surface area contributed by atoms with Gasteiger partial charge in [0.25, 0.3) is 0 Å². The summed E-state index contributed by atoms with van der Waals surface area (Å²) in [5, 5.41) is 2.53. The fourth-order valence-corrected chi connectivity index (χ4v) is 9.44. The predicted molar refractivity (Wildman–Crippen MR) is 238 cm³/mol. The van der Waals surface area contributed by atoms with Crippen molar-refractivity contribution in [3.8, 4) is 27.9 Å². The van der Waals surface area contributed by atoms with Crippen molar-refractivity contribution in [1.82, 2.24) is 4.57 Å². The van der Waals surface area contributed by atoms with E-state index in [1.165, 1.54) is 66.3 Å². The summed E-state index contributed by atoms with van der Waals surface area (Å²) >= 11 is 0. The van der Waals surface area contributed by atoms with Gasteiger partial charge in [-0.1, -0.05) is 164 Å². The molecule has 268 valence electrons. The van der Waals surface area contributed by atoms with Gasteiger partial charge in [0.05, 0.1) is 16.4 Å². The Morgan fingerprint density at radius 1 is 0.333 bits per heavy atom. The molecule has 0 atom stereocenters. The molecular formula is C55H38N2. The molecule has 0 N–H and O–H groups in total. The summed E-state index contributed by atoms with van der Waals surface area (Å²) in [5.74, 6) is 0. The molecule has 0 amide bonds. The Kier molecular flexibility index (Phi) is 7.75. The van der Waals surface area contributed by atoms with Crippen LogP contribution in [0.25, 0.3) is 49.7 Å². The Morgan fingerprint density at radius 2 is 0.807 bits per heavy atom. The molecule has 0 saturated carbocycles. The summed E-state index contributed by atoms with van der Waals surface area (Å²) < 4.78 is 2.37. The average Bonchev–Trinajstić information content (AvgIpc) is 3.79. The van der Waals surface area contributed by atoms with E-state index in [9.17, 15) is 0 Å². The topological polar surface area (TPSA) is 8.17 Å². The van der Waals surface area contributed by atoms with Gasteiger partial charge in [0.1, 0.15) is 0 Å². The minimum absolute atomic E-state index is 0.448. The van der Waals surface area contributed by atoms with Crippen LogP contribution in [-0.2, 0) is 5.41 Å². The van der Waals surface area contributed by atoms with Crippen molar-refractivity contribution in [2.75, 3.05) is 4.90 Å². The molecule has 10 aromatic rings. The molecule has 1 aliphatic carbocycles. The maximum absolute atomic E-state index is 2.42. The monoisotopic (exact) mass is 726 g/mol. The molecular weight excluding hydrogens is 689 g/mol. The van der Waals surface area contributed by atoms with Gasteiger partial charge < -0.3 is 9.47 Å². The highest BCUT2D eigenvalue weighted by Crippen LogP contribution is 2.56. The van der Waals surface area contributed by atoms with E-state index >= 15 is 0 Å². The van der Waals surface area contributed by atoms with E-state index in [4.69, 9.17) is 0 Å². The number of rotatable bonds is 7. The van der Waals surface area contributed by atoms with Crippen LogP contribution in [0.1, 0.15) is 22.3 Å². The highest BCUT2D eigenvalue weighted by atomic mass is 15.1. The molecule has 0 fully saturated rings. The van der Waals surface area contributed by atoms with Gasteiger partial charge in [-0.05, 0) is 111 Å². The molecule has 57 heavy (non-hydrogen) atoms. The molecule has 11 rings (SSSR count). The highest BCUT2D eigenvalue weighted by Gasteiger charge is 2.45. The maximum atomic E-state index is 2.42. The Bertz CT molecular complexity index is 2970. The molecule has 9 aromatic carbocycles. The van der Waals surface area contributed by atoms with Crippen LogP contribution in [0.5, 0.6) is 0 Å². The van der Waals surface area contributed by atoms with Crippen molar-refractivity contribution in [3.63, 3.8) is 0 Å². The SMILES string of the molecule is c1ccc(N(c2ccc(-n3c4ccccc4c4ccccc43)cc2)c2cccc(-c3cccc(C4(c5ccccc5)c5ccccc5-c5ccccc54)c3)c2)cc1. The van der Waals surface area contributed by atoms with Gasteiger partial charge in [0.2, 0.25) is 0 Å². The number of fused-ring (bicyclic) bond motifs is 6. The molecule has 2 heteroatoms. The van der Waals surface area contributed by atoms with Crippen molar-refractivity contribution in [2.24, 2.45) is 0 Å². The molecule has 1 aliphatic rings. The van der Waals surface area contributed by atoms with Crippen molar-refractivity contribution in [3.05, 3.63) is 253 Å². The van der Waals surface area contributed by atoms with Crippen LogP contribution in [-0.4, -0.2) is 4.57 Å². The second-order valence-electron chi connectivity index (χ2n) is 14.9. The molecule has 0 aliphatic heterocycles. The minimum Gasteiger partial charge on any atom is -0.310 e. The van der Waals surface area contributed by atoms with Crippen molar-refractivity contribution in [2.45, 2.75) is 5.41 Å². The number of hydrogen-bond donors (Lipinski definition) is 0. The first kappa shape index (κ1) is 33.0. The van der Waals surface area contributed by atoms with Crippen LogP contribution in [0.3, 0.4) is 0 Å². The third kappa shape index (κ3) is 5.18. The quantitative estimate of drug-likeness (QED) is 0.159. The van der Waals surface area contributed by atoms with Gasteiger partial charge in [-0.2, -0.15) is 0 Å². The van der Waals surface area contributed by atoms with Gasteiger partial charge in [0, 0.05) is 33.5 Å². The van der Waals surface area contributed by atoms with Crippen LogP contribution in [0.15, 0.2) is 231 Å². The number of benzene rings is 9. The zero-order valence-electron chi connectivity index (χ0n) is 31.3. The predicted octanol–water partition coefficient (Wildman–Crippen LogP) is 14.3. The fourth-order valence-electron chi connectivity index (χ4n) is 9.44. The van der Waals surface area contributed by atoms with Crippen LogP contribution >= 0.6 is 0 Å². The van der Waals surface area contributed by atoms with Crippen molar-refractivity contribution in [1.29, 1.82) is 0 Å². The maximum Gasteiger partial charge on any atom is 0.0713 e. The van der Waals surface area contributed by atoms with E-state index in [2.05, 4.69) is 240 Å². The lowest BCUT2D eigenvalue weighted by atomic mass is 9.67. The molecule has 2 nitrogen and oxygen atoms in total. The summed E-state index contributed by atoms with van der Waals surface area (Å²) in [5.41, 5.74) is 16.5. The van der Waals surface area contributed by atoms with Crippen LogP contribution in [0.4, 0.5) is 17.1 Å². The first-order chi connectivity index (χ1) is 28.3. The lowest BCUT2D eigenvalue weighted by Gasteiger charge is -2.34. The van der Waals surface area contributed by atoms with Gasteiger partial charge in [-0.25, -0.2) is 0 Å². The van der Waals surface area contributed by atoms with Gasteiger partial charge in [-0.15, -0.1) is 0 Å². The number of para-hydroxylation sites is 3. The van der Waals surface area contributed by atoms with Gasteiger partial charge in [0.15, 0.2) is 0 Å². The number of hydrogen-bond acceptors (Lipinski definition) is 1. The second kappa shape index (κ2) is 13.4. The van der Waals surface area contributed by atoms with E-state index in [0.717, 1.165) is 22.7 Å². The van der Waals surface area contributed by atoms with E-state index in [0.29, 0.717) is 0 Å². The van der Waals surface area contributed by atoms with Crippen LogP contribution in [0, 0.1) is 0 Å². The molecule has 0 saturated heterocycles. The number of anilines is 3. The summed E-state index contributed by atoms with van der Waals surface area (Å²) in [6.45, 7) is 0. The zero-order chi connectivity index (χ0) is 37.8. The molecule has 0 bridgehead atoms. The second-order valence-corrected chi connectivity index (χ2v) is 14.9. The smallest absolute Gasteiger partial charge is 0.0713 e. The Balaban J connectivity index is 1.03. The zero-order valence-corrected chi connectivity index (χ0v) is 31.3. The first-order valence-electron chi connectivity index (χ1n) is 19.7. The summed E-state index contributed by atoms with van der Waals surface area (Å²) in [4.78, 5) is 2.36. The number of nitrogens with zero attached hydrogens (tertiary/aromatic N) is 2. The molecule has 0 unspecified atom stereocenters. The Hall–Kier alpha value is -7.42. The van der Waals surface area contributed by atoms with Crippen LogP contribution in [0.2, 0.25) is 0 Å². The summed E-state index contributed by atoms with van der Waals surface area (Å²) in [6.07, 6.45) is 0. The van der Waals surface area contributed by atoms with Crippen molar-refractivity contribution < 1.29 is 0 Å². The highest BCUT2D eigenvalue weighted by molar-refractivity contribution is 6.09. The minimum atomic E-state index is -0.448. The lowest BCUT2D eigenvalue weighted by molar-refractivity contribution is 0.769. The normalized spacial score (nSPS) is 12.7. The third-order valence-corrected chi connectivity index (χ3v) is 11.9. The van der Waals surface area contributed by atoms with Crippen molar-refractivity contribution >= 4 is 38.9 Å². The third-order valence-electron chi connectivity index (χ3n) is 11.9. The average molecular weight is 727 g/mol. The van der Waals surface area contributed by atoms with E-state index in [-0.39, 0.29) is 0 Å². The lowest BCUT2D eigenvalue weighted by Crippen LogP contribution is -2.28. The molecule has 1 heterocycles. The number of aromatic nitrogens is 1. The van der Waals surface area contributed by atoms with E-state index < -0.39 is 5.41 Å². The summed E-state index contributed by atoms with van der Waals surface area (Å²) in [6, 6.07) is 84.1. The van der Waals surface area contributed by atoms with Gasteiger partial charge >= 0.3 is 0 Å². The molecule has 1 aromatic heterocycles. The largest absolute Gasteiger partial charge is 0.310 e. The Labute approximate surface area is 333 Å². The van der Waals surface area contributed by atoms with Gasteiger partial charge in [-0.3, -0.25) is 0 Å². The molecule has 0 radical (unpaired) electrons. The standard InChI is InChI=1S/C55H38N2/c1-3-19-41(20-4-1)55(51-29-11-7-25-47(51)48-26-8-12-30-52(48)55)42-21-15-17-39(37-42)40-18-16-24-46(38-40)56(43-22-5-2-6-23-43)44-33-35-45(36-34-44)57-53-31-13-9-27-49(53)50-28-10-14-32-54(50)57/h1-38H. The molecule has 0 spiro atoms. The van der Waals surface area contributed by atoms with Crippen LogP contribution < -0.4 is 4.90 Å². The summed E-state index contributed by atoms with van der Waals surface area (Å²) in [7, 11) is 0. The fraction of sp³-hybridized carbons (Fsp3) is 0.0182. The Morgan fingerprint density at radius 3 is 1.46 bits per heavy atom. The first-order valence-corrected chi connectivity index (χ1v) is 19.7. The van der Waals surface area contributed by atoms with E-state index in [1.807, 2.05) is 0 Å².